The predicted molar refractivity (Wildman–Crippen MR) is 86.2 cm³/mol. The minimum Gasteiger partial charge on any atom is -0.396 e. The molecule has 1 aliphatic carbocycles. The number of carbonyl (C=O) groups excluding carboxylic acids is 2. The lowest BCUT2D eigenvalue weighted by molar-refractivity contribution is 0.0972. The molecule has 0 fully saturated rings. The summed E-state index contributed by atoms with van der Waals surface area (Å²) < 4.78 is 0. The van der Waals surface area contributed by atoms with Gasteiger partial charge in [-0.1, -0.05) is 19.9 Å². The molecule has 0 spiro atoms. The van der Waals surface area contributed by atoms with Crippen LogP contribution in [0.1, 0.15) is 49.0 Å². The first-order chi connectivity index (χ1) is 10.4. The molecule has 2 rings (SSSR count). The van der Waals surface area contributed by atoms with Crippen molar-refractivity contribution in [3.05, 3.63) is 29.3 Å². The second-order valence-electron chi connectivity index (χ2n) is 6.59. The Morgan fingerprint density at radius 1 is 1.32 bits per heavy atom. The summed E-state index contributed by atoms with van der Waals surface area (Å²) in [5.41, 5.74) is 2.26. The highest BCUT2D eigenvalue weighted by molar-refractivity contribution is 6.00. The van der Waals surface area contributed by atoms with Crippen LogP contribution in [0.15, 0.2) is 18.2 Å². The highest BCUT2D eigenvalue weighted by Crippen LogP contribution is 2.24. The molecule has 0 heterocycles. The molecular weight excluding hydrogens is 280 g/mol. The van der Waals surface area contributed by atoms with Crippen molar-refractivity contribution in [3.63, 3.8) is 0 Å². The van der Waals surface area contributed by atoms with E-state index >= 15 is 0 Å². The maximum absolute atomic E-state index is 11.9. The van der Waals surface area contributed by atoms with E-state index in [1.165, 1.54) is 0 Å². The van der Waals surface area contributed by atoms with Gasteiger partial charge in [0.15, 0.2) is 5.78 Å². The molecule has 22 heavy (non-hydrogen) atoms. The summed E-state index contributed by atoms with van der Waals surface area (Å²) >= 11 is 0. The predicted octanol–water partition coefficient (Wildman–Crippen LogP) is 2.74. The number of aryl methyl sites for hydroxylation is 1. The molecule has 0 unspecified atom stereocenters. The number of nitrogens with one attached hydrogen (secondary N) is 2. The number of hydrogen-bond donors (Lipinski definition) is 3. The van der Waals surface area contributed by atoms with Gasteiger partial charge in [-0.15, -0.1) is 0 Å². The van der Waals surface area contributed by atoms with Gasteiger partial charge in [-0.05, 0) is 42.4 Å². The molecule has 0 radical (unpaired) electrons. The standard InChI is InChI=1S/C17H24N2O3/c1-17(2,8-9-20)11-18-16(22)19-13-7-6-12-4-3-5-15(21)14(12)10-13/h6-7,10,20H,3-5,8-9,11H2,1-2H3,(H2,18,19,22). The summed E-state index contributed by atoms with van der Waals surface area (Å²) in [5, 5.41) is 14.5. The lowest BCUT2D eigenvalue weighted by atomic mass is 9.90. The van der Waals surface area contributed by atoms with Gasteiger partial charge in [-0.25, -0.2) is 4.79 Å². The third kappa shape index (κ3) is 4.31. The number of fused-ring (bicyclic) bond motifs is 1. The normalized spacial score (nSPS) is 14.4. The summed E-state index contributed by atoms with van der Waals surface area (Å²) in [6.45, 7) is 4.55. The van der Waals surface area contributed by atoms with E-state index in [2.05, 4.69) is 10.6 Å². The quantitative estimate of drug-likeness (QED) is 0.782. The molecule has 120 valence electrons. The fourth-order valence-corrected chi connectivity index (χ4v) is 2.59. The number of aliphatic hydroxyl groups excluding tert-OH is 1. The Hall–Kier alpha value is -1.88. The van der Waals surface area contributed by atoms with Gasteiger partial charge in [0.05, 0.1) is 0 Å². The van der Waals surface area contributed by atoms with Crippen molar-refractivity contribution in [1.82, 2.24) is 5.32 Å². The van der Waals surface area contributed by atoms with Crippen LogP contribution in [0.4, 0.5) is 10.5 Å². The van der Waals surface area contributed by atoms with Crippen LogP contribution in [-0.4, -0.2) is 30.1 Å². The second-order valence-corrected chi connectivity index (χ2v) is 6.59. The SMILES string of the molecule is CC(C)(CCO)CNC(=O)Nc1ccc2c(c1)C(=O)CCC2. The summed E-state index contributed by atoms with van der Waals surface area (Å²) in [6, 6.07) is 5.21. The lowest BCUT2D eigenvalue weighted by Crippen LogP contribution is -2.37. The molecule has 0 saturated carbocycles. The molecule has 2 amide bonds. The van der Waals surface area contributed by atoms with Gasteiger partial charge < -0.3 is 15.7 Å². The van der Waals surface area contributed by atoms with Crippen LogP contribution in [0, 0.1) is 5.41 Å². The Morgan fingerprint density at radius 3 is 2.82 bits per heavy atom. The van der Waals surface area contributed by atoms with Gasteiger partial charge in [0.1, 0.15) is 0 Å². The van der Waals surface area contributed by atoms with Crippen LogP contribution >= 0.6 is 0 Å². The van der Waals surface area contributed by atoms with Crippen molar-refractivity contribution in [3.8, 4) is 0 Å². The monoisotopic (exact) mass is 304 g/mol. The van der Waals surface area contributed by atoms with E-state index in [0.29, 0.717) is 25.1 Å². The second kappa shape index (κ2) is 6.92. The molecule has 0 atom stereocenters. The first-order valence-electron chi connectivity index (χ1n) is 7.73. The van der Waals surface area contributed by atoms with Crippen LogP contribution in [0.25, 0.3) is 0 Å². The molecule has 0 saturated heterocycles. The summed E-state index contributed by atoms with van der Waals surface area (Å²) in [6.07, 6.45) is 3.03. The average molecular weight is 304 g/mol. The molecule has 5 nitrogen and oxygen atoms in total. The average Bonchev–Trinajstić information content (AvgIpc) is 2.46. The smallest absolute Gasteiger partial charge is 0.319 e. The van der Waals surface area contributed by atoms with Crippen LogP contribution in [-0.2, 0) is 6.42 Å². The Labute approximate surface area is 131 Å². The Kier molecular flexibility index (Phi) is 5.19. The van der Waals surface area contributed by atoms with Crippen LogP contribution < -0.4 is 10.6 Å². The minimum absolute atomic E-state index is 0.100. The topological polar surface area (TPSA) is 78.4 Å². The highest BCUT2D eigenvalue weighted by atomic mass is 16.3. The molecule has 3 N–H and O–H groups in total. The van der Waals surface area contributed by atoms with Crippen molar-refractivity contribution >= 4 is 17.5 Å². The summed E-state index contributed by atoms with van der Waals surface area (Å²) in [4.78, 5) is 23.8. The number of benzene rings is 1. The number of anilines is 1. The largest absolute Gasteiger partial charge is 0.396 e. The Bertz CT molecular complexity index is 567. The maximum atomic E-state index is 11.9. The Balaban J connectivity index is 1.95. The molecule has 0 aromatic heterocycles. The van der Waals surface area contributed by atoms with Crippen molar-refractivity contribution < 1.29 is 14.7 Å². The minimum atomic E-state index is -0.297. The fraction of sp³-hybridized carbons (Fsp3) is 0.529. The van der Waals surface area contributed by atoms with Crippen molar-refractivity contribution in [1.29, 1.82) is 0 Å². The van der Waals surface area contributed by atoms with Gasteiger partial charge >= 0.3 is 6.03 Å². The number of ketones is 1. The zero-order chi connectivity index (χ0) is 16.2. The molecular formula is C17H24N2O3. The number of carbonyl (C=O) groups is 2. The zero-order valence-electron chi connectivity index (χ0n) is 13.2. The van der Waals surface area contributed by atoms with Gasteiger partial charge in [-0.2, -0.15) is 0 Å². The van der Waals surface area contributed by atoms with Gasteiger partial charge in [0, 0.05) is 30.8 Å². The molecule has 0 bridgehead atoms. The van der Waals surface area contributed by atoms with Crippen molar-refractivity contribution in [2.24, 2.45) is 5.41 Å². The van der Waals surface area contributed by atoms with Gasteiger partial charge in [0.25, 0.3) is 0 Å². The first-order valence-corrected chi connectivity index (χ1v) is 7.73. The number of rotatable bonds is 5. The third-order valence-electron chi connectivity index (χ3n) is 4.03. The molecule has 5 heteroatoms. The summed E-state index contributed by atoms with van der Waals surface area (Å²) in [5.74, 6) is 0.148. The van der Waals surface area contributed by atoms with Crippen LogP contribution in [0.5, 0.6) is 0 Å². The highest BCUT2D eigenvalue weighted by Gasteiger charge is 2.19. The van der Waals surface area contributed by atoms with E-state index in [1.54, 1.807) is 6.07 Å². The third-order valence-corrected chi connectivity index (χ3v) is 4.03. The van der Waals surface area contributed by atoms with E-state index in [-0.39, 0.29) is 23.8 Å². The zero-order valence-corrected chi connectivity index (χ0v) is 13.2. The first kappa shape index (κ1) is 16.5. The number of Topliss-reactive ketones (excluding diaryl/α,β-unsaturated/α-hetero) is 1. The van der Waals surface area contributed by atoms with Gasteiger partial charge in [-0.3, -0.25) is 4.79 Å². The fourth-order valence-electron chi connectivity index (χ4n) is 2.59. The maximum Gasteiger partial charge on any atom is 0.319 e. The summed E-state index contributed by atoms with van der Waals surface area (Å²) in [7, 11) is 0. The van der Waals surface area contributed by atoms with Crippen LogP contribution in [0.2, 0.25) is 0 Å². The van der Waals surface area contributed by atoms with E-state index in [0.717, 1.165) is 24.0 Å². The van der Waals surface area contributed by atoms with Crippen LogP contribution in [0.3, 0.4) is 0 Å². The Morgan fingerprint density at radius 2 is 2.09 bits per heavy atom. The van der Waals surface area contributed by atoms with E-state index in [9.17, 15) is 9.59 Å². The van der Waals surface area contributed by atoms with Crippen molar-refractivity contribution in [2.75, 3.05) is 18.5 Å². The lowest BCUT2D eigenvalue weighted by Gasteiger charge is -2.24. The number of amides is 2. The molecule has 1 aliphatic rings. The van der Waals surface area contributed by atoms with E-state index in [1.807, 2.05) is 26.0 Å². The molecule has 0 aliphatic heterocycles. The molecule has 1 aromatic carbocycles. The number of urea groups is 1. The number of hydrogen-bond acceptors (Lipinski definition) is 3. The molecule has 1 aromatic rings. The van der Waals surface area contributed by atoms with E-state index < -0.39 is 0 Å². The van der Waals surface area contributed by atoms with Gasteiger partial charge in [0.2, 0.25) is 0 Å². The number of aliphatic hydroxyl groups is 1. The van der Waals surface area contributed by atoms with E-state index in [4.69, 9.17) is 5.11 Å². The van der Waals surface area contributed by atoms with Crippen molar-refractivity contribution in [2.45, 2.75) is 39.5 Å².